The second kappa shape index (κ2) is 9.62. The van der Waals surface area contributed by atoms with Crippen molar-refractivity contribution in [1.29, 1.82) is 0 Å². The van der Waals surface area contributed by atoms with Crippen LogP contribution in [0.4, 0.5) is 5.13 Å². The molecular formula is C18H19BrClN3OS2. The molecule has 3 rings (SSSR count). The van der Waals surface area contributed by atoms with Crippen molar-refractivity contribution in [3.63, 3.8) is 0 Å². The van der Waals surface area contributed by atoms with Crippen molar-refractivity contribution < 1.29 is 4.79 Å². The summed E-state index contributed by atoms with van der Waals surface area (Å²) in [6, 6.07) is 9.94. The van der Waals surface area contributed by atoms with E-state index in [1.165, 1.54) is 11.3 Å². The fourth-order valence-electron chi connectivity index (χ4n) is 2.23. The average Bonchev–Trinajstić information content (AvgIpc) is 3.21. The van der Waals surface area contributed by atoms with E-state index in [2.05, 4.69) is 25.8 Å². The molecule has 0 saturated carbocycles. The Bertz CT molecular complexity index is 893. The standard InChI is InChI=1S/C18H18BrN3OS2.ClH/c1-21(2)9-10-22(17(23)8-6-14-4-3-11-24-14)18-20-15-7-5-13(19)12-16(15)25-18;/h3-8,11-12H,9-10H2,1-2H3;1H/b8-6+;. The summed E-state index contributed by atoms with van der Waals surface area (Å²) < 4.78 is 2.08. The summed E-state index contributed by atoms with van der Waals surface area (Å²) in [6.45, 7) is 1.37. The number of anilines is 1. The predicted octanol–water partition coefficient (Wildman–Crippen LogP) is 5.15. The van der Waals surface area contributed by atoms with Gasteiger partial charge in [0.15, 0.2) is 5.13 Å². The molecule has 3 aromatic rings. The fourth-order valence-corrected chi connectivity index (χ4v) is 4.40. The number of nitrogens with zero attached hydrogens (tertiary/aromatic N) is 3. The maximum absolute atomic E-state index is 12.8. The third kappa shape index (κ3) is 5.37. The summed E-state index contributed by atoms with van der Waals surface area (Å²) in [7, 11) is 4.00. The van der Waals surface area contributed by atoms with Crippen LogP contribution in [0, 0.1) is 0 Å². The summed E-state index contributed by atoms with van der Waals surface area (Å²) in [5.74, 6) is -0.0478. The Labute approximate surface area is 175 Å². The van der Waals surface area contributed by atoms with Crippen LogP contribution in [0.1, 0.15) is 4.88 Å². The van der Waals surface area contributed by atoms with Crippen LogP contribution in [-0.4, -0.2) is 43.0 Å². The van der Waals surface area contributed by atoms with Crippen LogP contribution in [0.3, 0.4) is 0 Å². The molecule has 2 heterocycles. The van der Waals surface area contributed by atoms with Gasteiger partial charge in [0.05, 0.1) is 10.2 Å². The number of benzene rings is 1. The highest BCUT2D eigenvalue weighted by Gasteiger charge is 2.18. The van der Waals surface area contributed by atoms with Crippen molar-refractivity contribution in [2.24, 2.45) is 0 Å². The van der Waals surface area contributed by atoms with Gasteiger partial charge < -0.3 is 4.90 Å². The van der Waals surface area contributed by atoms with Gasteiger partial charge in [0.2, 0.25) is 0 Å². The minimum absolute atomic E-state index is 0. The lowest BCUT2D eigenvalue weighted by Crippen LogP contribution is -2.35. The van der Waals surface area contributed by atoms with Gasteiger partial charge in [0, 0.05) is 28.5 Å². The number of hydrogen-bond acceptors (Lipinski definition) is 5. The van der Waals surface area contributed by atoms with Crippen molar-refractivity contribution in [3.8, 4) is 0 Å². The molecule has 0 N–H and O–H groups in total. The van der Waals surface area contributed by atoms with E-state index < -0.39 is 0 Å². The molecule has 1 aromatic carbocycles. The van der Waals surface area contributed by atoms with Gasteiger partial charge in [-0.15, -0.1) is 23.7 Å². The van der Waals surface area contributed by atoms with Crippen molar-refractivity contribution >= 4 is 78.3 Å². The number of aromatic nitrogens is 1. The molecule has 0 spiro atoms. The maximum Gasteiger partial charge on any atom is 0.252 e. The largest absolute Gasteiger partial charge is 0.308 e. The summed E-state index contributed by atoms with van der Waals surface area (Å²) >= 11 is 6.64. The molecule has 0 unspecified atom stereocenters. The second-order valence-corrected chi connectivity index (χ2v) is 8.65. The van der Waals surface area contributed by atoms with Crippen molar-refractivity contribution in [3.05, 3.63) is 51.1 Å². The molecule has 8 heteroatoms. The smallest absolute Gasteiger partial charge is 0.252 e. The highest BCUT2D eigenvalue weighted by Crippen LogP contribution is 2.31. The first kappa shape index (κ1) is 21.1. The van der Waals surface area contributed by atoms with Gasteiger partial charge in [0.25, 0.3) is 5.91 Å². The third-order valence-electron chi connectivity index (χ3n) is 3.54. The van der Waals surface area contributed by atoms with Gasteiger partial charge in [-0.05, 0) is 49.8 Å². The van der Waals surface area contributed by atoms with Crippen LogP contribution in [0.25, 0.3) is 16.3 Å². The number of hydrogen-bond donors (Lipinski definition) is 0. The molecule has 0 atom stereocenters. The van der Waals surface area contributed by atoms with Crippen molar-refractivity contribution in [1.82, 2.24) is 9.88 Å². The van der Waals surface area contributed by atoms with Crippen LogP contribution in [0.5, 0.6) is 0 Å². The van der Waals surface area contributed by atoms with E-state index in [0.717, 1.165) is 31.2 Å². The fraction of sp³-hybridized carbons (Fsp3) is 0.222. The molecule has 26 heavy (non-hydrogen) atoms. The van der Waals surface area contributed by atoms with Gasteiger partial charge in [-0.25, -0.2) is 4.98 Å². The normalized spacial score (nSPS) is 11.2. The highest BCUT2D eigenvalue weighted by molar-refractivity contribution is 9.10. The van der Waals surface area contributed by atoms with Gasteiger partial charge in [-0.2, -0.15) is 0 Å². The Hall–Kier alpha value is -1.25. The van der Waals surface area contributed by atoms with E-state index in [1.807, 2.05) is 55.9 Å². The Balaban J connectivity index is 0.00000243. The van der Waals surface area contributed by atoms with Gasteiger partial charge in [0.1, 0.15) is 0 Å². The SMILES string of the molecule is CN(C)CCN(C(=O)/C=C/c1cccs1)c1nc2ccc(Br)cc2s1.Cl. The summed E-state index contributed by atoms with van der Waals surface area (Å²) in [4.78, 5) is 22.3. The minimum Gasteiger partial charge on any atom is -0.308 e. The molecular weight excluding hydrogens is 454 g/mol. The van der Waals surface area contributed by atoms with E-state index in [9.17, 15) is 4.79 Å². The topological polar surface area (TPSA) is 36.4 Å². The number of rotatable bonds is 6. The molecule has 2 aromatic heterocycles. The zero-order valence-electron chi connectivity index (χ0n) is 14.4. The lowest BCUT2D eigenvalue weighted by Gasteiger charge is -2.20. The molecule has 0 bridgehead atoms. The number of amides is 1. The van der Waals surface area contributed by atoms with E-state index in [4.69, 9.17) is 0 Å². The average molecular weight is 473 g/mol. The lowest BCUT2D eigenvalue weighted by atomic mass is 10.3. The number of thiazole rings is 1. The summed E-state index contributed by atoms with van der Waals surface area (Å²) in [5, 5.41) is 2.73. The van der Waals surface area contributed by atoms with E-state index in [1.54, 1.807) is 22.3 Å². The Kier molecular flexibility index (Phi) is 7.79. The number of thiophene rings is 1. The summed E-state index contributed by atoms with van der Waals surface area (Å²) in [5.41, 5.74) is 0.910. The summed E-state index contributed by atoms with van der Waals surface area (Å²) in [6.07, 6.45) is 3.49. The first-order valence-electron chi connectivity index (χ1n) is 7.77. The monoisotopic (exact) mass is 471 g/mol. The van der Waals surface area contributed by atoms with Gasteiger partial charge in [-0.1, -0.05) is 33.3 Å². The second-order valence-electron chi connectivity index (χ2n) is 5.75. The maximum atomic E-state index is 12.8. The van der Waals surface area contributed by atoms with E-state index in [0.29, 0.717) is 6.54 Å². The van der Waals surface area contributed by atoms with E-state index in [-0.39, 0.29) is 18.3 Å². The van der Waals surface area contributed by atoms with Gasteiger partial charge in [-0.3, -0.25) is 9.69 Å². The molecule has 0 saturated heterocycles. The first-order chi connectivity index (χ1) is 12.0. The zero-order valence-corrected chi connectivity index (χ0v) is 18.4. The quantitative estimate of drug-likeness (QED) is 0.466. The number of carbonyl (C=O) groups excluding carboxylic acids is 1. The number of likely N-dealkylation sites (N-methyl/N-ethyl adjacent to an activating group) is 1. The van der Waals surface area contributed by atoms with Gasteiger partial charge >= 0.3 is 0 Å². The molecule has 138 valence electrons. The Morgan fingerprint density at radius 3 is 2.77 bits per heavy atom. The Morgan fingerprint density at radius 2 is 2.08 bits per heavy atom. The molecule has 0 aliphatic rings. The van der Waals surface area contributed by atoms with Crippen LogP contribution >= 0.6 is 51.0 Å². The molecule has 0 aliphatic heterocycles. The molecule has 4 nitrogen and oxygen atoms in total. The van der Waals surface area contributed by atoms with Crippen LogP contribution in [0.15, 0.2) is 46.3 Å². The number of fused-ring (bicyclic) bond motifs is 1. The number of carbonyl (C=O) groups is 1. The molecule has 0 aliphatic carbocycles. The molecule has 0 radical (unpaired) electrons. The molecule has 0 fully saturated rings. The van der Waals surface area contributed by atoms with E-state index >= 15 is 0 Å². The van der Waals surface area contributed by atoms with Crippen LogP contribution in [0.2, 0.25) is 0 Å². The highest BCUT2D eigenvalue weighted by atomic mass is 79.9. The minimum atomic E-state index is -0.0478. The van der Waals surface area contributed by atoms with Crippen LogP contribution in [-0.2, 0) is 4.79 Å². The Morgan fingerprint density at radius 1 is 1.27 bits per heavy atom. The van der Waals surface area contributed by atoms with Crippen molar-refractivity contribution in [2.75, 3.05) is 32.1 Å². The first-order valence-corrected chi connectivity index (χ1v) is 10.3. The van der Waals surface area contributed by atoms with Crippen LogP contribution < -0.4 is 4.90 Å². The molecule has 1 amide bonds. The zero-order chi connectivity index (χ0) is 17.8. The lowest BCUT2D eigenvalue weighted by molar-refractivity contribution is -0.114. The van der Waals surface area contributed by atoms with Crippen molar-refractivity contribution in [2.45, 2.75) is 0 Å². The predicted molar refractivity (Wildman–Crippen MR) is 119 cm³/mol. The number of halogens is 2. The third-order valence-corrected chi connectivity index (χ3v) is 5.91.